The van der Waals surface area contributed by atoms with Crippen LogP contribution < -0.4 is 20.1 Å². The molecular formula is C28H33F3N4O5S. The molecule has 3 heterocycles. The zero-order valence-electron chi connectivity index (χ0n) is 22.7. The largest absolute Gasteiger partial charge is 0.573 e. The zero-order chi connectivity index (χ0) is 29.3. The number of aliphatic imine (C=N–C) groups is 1. The van der Waals surface area contributed by atoms with E-state index < -0.39 is 33.6 Å². The molecule has 1 amide bonds. The second-order valence-corrected chi connectivity index (χ2v) is 12.7. The van der Waals surface area contributed by atoms with E-state index in [0.717, 1.165) is 54.9 Å². The molecule has 1 spiro atoms. The molecule has 2 aromatic rings. The Bertz CT molecular complexity index is 1420. The Hall–Kier alpha value is -3.16. The molecule has 222 valence electrons. The first-order valence-electron chi connectivity index (χ1n) is 13.6. The Kier molecular flexibility index (Phi) is 8.31. The number of nitrogens with one attached hydrogen (secondary N) is 2. The monoisotopic (exact) mass is 594 g/mol. The average molecular weight is 595 g/mol. The van der Waals surface area contributed by atoms with Gasteiger partial charge in [0.25, 0.3) is 5.91 Å². The SMILES string of the molecule is Cc1cc(OC2CCNCC2)ccc1CCS(=O)(=O)N1CCC2(CC1)N=C(c1cccc(OC(F)(F)F)c1)NC2=O. The van der Waals surface area contributed by atoms with E-state index in [1.165, 1.54) is 16.4 Å². The highest BCUT2D eigenvalue weighted by Crippen LogP contribution is 2.33. The standard InChI is InChI=1S/C28H33F3N4O5S/c1-19-17-23(39-22-7-12-32-13-8-22)6-5-20(19)9-16-41(37,38)35-14-10-27(11-15-35)26(36)33-25(34-27)21-3-2-4-24(18-21)40-28(29,30)31/h2-6,17-18,22,32H,7-16H2,1H3,(H,33,34,36). The van der Waals surface area contributed by atoms with Gasteiger partial charge in [0.05, 0.1) is 5.75 Å². The van der Waals surface area contributed by atoms with Crippen molar-refractivity contribution in [3.63, 3.8) is 0 Å². The van der Waals surface area contributed by atoms with Crippen molar-refractivity contribution >= 4 is 21.8 Å². The van der Waals surface area contributed by atoms with Crippen molar-refractivity contribution in [2.45, 2.75) is 57.0 Å². The van der Waals surface area contributed by atoms with E-state index in [2.05, 4.69) is 20.4 Å². The van der Waals surface area contributed by atoms with Gasteiger partial charge in [0.2, 0.25) is 10.0 Å². The fraction of sp³-hybridized carbons (Fsp3) is 0.500. The van der Waals surface area contributed by atoms with Crippen molar-refractivity contribution in [2.75, 3.05) is 31.9 Å². The maximum absolute atomic E-state index is 13.2. The van der Waals surface area contributed by atoms with Crippen LogP contribution in [0.25, 0.3) is 0 Å². The third-order valence-corrected chi connectivity index (χ3v) is 9.67. The number of ether oxygens (including phenoxy) is 2. The number of piperidine rings is 2. The number of sulfonamides is 1. The molecule has 9 nitrogen and oxygen atoms in total. The van der Waals surface area contributed by atoms with Crippen LogP contribution in [0.4, 0.5) is 13.2 Å². The molecule has 0 atom stereocenters. The summed E-state index contributed by atoms with van der Waals surface area (Å²) in [6, 6.07) is 11.0. The molecule has 0 aliphatic carbocycles. The minimum atomic E-state index is -4.85. The van der Waals surface area contributed by atoms with Crippen LogP contribution in [0.5, 0.6) is 11.5 Å². The number of aryl methyl sites for hydroxylation is 2. The summed E-state index contributed by atoms with van der Waals surface area (Å²) in [5, 5.41) is 5.96. The van der Waals surface area contributed by atoms with Crippen LogP contribution in [0.15, 0.2) is 47.5 Å². The van der Waals surface area contributed by atoms with Gasteiger partial charge in [0, 0.05) is 18.7 Å². The topological polar surface area (TPSA) is 109 Å². The number of halogens is 3. The van der Waals surface area contributed by atoms with Crippen molar-refractivity contribution in [1.29, 1.82) is 0 Å². The number of hydrogen-bond donors (Lipinski definition) is 2. The summed E-state index contributed by atoms with van der Waals surface area (Å²) >= 11 is 0. The Balaban J connectivity index is 1.18. The summed E-state index contributed by atoms with van der Waals surface area (Å²) in [5.41, 5.74) is 1.01. The lowest BCUT2D eigenvalue weighted by Crippen LogP contribution is -2.50. The first-order chi connectivity index (χ1) is 19.4. The van der Waals surface area contributed by atoms with E-state index in [-0.39, 0.29) is 49.2 Å². The normalized spacial score (nSPS) is 20.1. The highest BCUT2D eigenvalue weighted by atomic mass is 32.2. The second kappa shape index (κ2) is 11.6. The number of alkyl halides is 3. The van der Waals surface area contributed by atoms with Gasteiger partial charge < -0.3 is 20.1 Å². The highest BCUT2D eigenvalue weighted by Gasteiger charge is 2.47. The first kappa shape index (κ1) is 29.3. The fourth-order valence-corrected chi connectivity index (χ4v) is 6.94. The lowest BCUT2D eigenvalue weighted by Gasteiger charge is -2.34. The number of rotatable bonds is 8. The molecule has 13 heteroatoms. The Morgan fingerprint density at radius 3 is 2.49 bits per heavy atom. The predicted molar refractivity (Wildman–Crippen MR) is 147 cm³/mol. The van der Waals surface area contributed by atoms with Gasteiger partial charge in [-0.25, -0.2) is 12.7 Å². The van der Waals surface area contributed by atoms with E-state index in [0.29, 0.717) is 6.42 Å². The van der Waals surface area contributed by atoms with Gasteiger partial charge in [-0.05, 0) is 87.5 Å². The Morgan fingerprint density at radius 2 is 1.80 bits per heavy atom. The molecule has 2 fully saturated rings. The minimum absolute atomic E-state index is 0.0674. The molecule has 0 radical (unpaired) electrons. The number of benzene rings is 2. The third kappa shape index (κ3) is 7.02. The van der Waals surface area contributed by atoms with Crippen LogP contribution in [-0.2, 0) is 21.2 Å². The number of amidine groups is 1. The van der Waals surface area contributed by atoms with Crippen molar-refractivity contribution in [1.82, 2.24) is 14.9 Å². The summed E-state index contributed by atoms with van der Waals surface area (Å²) in [6.45, 7) is 4.05. The summed E-state index contributed by atoms with van der Waals surface area (Å²) in [7, 11) is -3.59. The van der Waals surface area contributed by atoms with E-state index in [4.69, 9.17) is 4.74 Å². The quantitative estimate of drug-likeness (QED) is 0.486. The second-order valence-electron chi connectivity index (χ2n) is 10.6. The van der Waals surface area contributed by atoms with Gasteiger partial charge in [0.15, 0.2) is 0 Å². The van der Waals surface area contributed by atoms with Gasteiger partial charge in [-0.1, -0.05) is 18.2 Å². The molecule has 0 bridgehead atoms. The zero-order valence-corrected chi connectivity index (χ0v) is 23.5. The fourth-order valence-electron chi connectivity index (χ4n) is 5.46. The smallest absolute Gasteiger partial charge is 0.490 e. The number of carbonyl (C=O) groups is 1. The van der Waals surface area contributed by atoms with Crippen LogP contribution in [0.1, 0.15) is 42.4 Å². The predicted octanol–water partition coefficient (Wildman–Crippen LogP) is 3.31. The van der Waals surface area contributed by atoms with Gasteiger partial charge in [-0.3, -0.25) is 9.79 Å². The van der Waals surface area contributed by atoms with Crippen LogP contribution in [0.2, 0.25) is 0 Å². The summed E-state index contributed by atoms with van der Waals surface area (Å²) in [4.78, 5) is 17.4. The molecule has 3 aliphatic heterocycles. The summed E-state index contributed by atoms with van der Waals surface area (Å²) < 4.78 is 75.6. The van der Waals surface area contributed by atoms with Crippen molar-refractivity contribution in [3.8, 4) is 11.5 Å². The van der Waals surface area contributed by atoms with Crippen LogP contribution in [0, 0.1) is 6.92 Å². The third-order valence-electron chi connectivity index (χ3n) is 7.80. The molecule has 2 N–H and O–H groups in total. The van der Waals surface area contributed by atoms with Crippen LogP contribution in [0.3, 0.4) is 0 Å². The van der Waals surface area contributed by atoms with Gasteiger partial charge in [-0.2, -0.15) is 0 Å². The Morgan fingerprint density at radius 1 is 1.07 bits per heavy atom. The van der Waals surface area contributed by atoms with E-state index in [1.54, 1.807) is 0 Å². The lowest BCUT2D eigenvalue weighted by atomic mass is 9.89. The molecular weight excluding hydrogens is 561 g/mol. The molecule has 5 rings (SSSR count). The first-order valence-corrected chi connectivity index (χ1v) is 15.3. The average Bonchev–Trinajstić information content (AvgIpc) is 3.23. The summed E-state index contributed by atoms with van der Waals surface area (Å²) in [5.74, 6) is 0.0444. The Labute approximate surface area is 237 Å². The van der Waals surface area contributed by atoms with E-state index in [9.17, 15) is 26.4 Å². The molecule has 0 unspecified atom stereocenters. The maximum atomic E-state index is 13.2. The minimum Gasteiger partial charge on any atom is -0.490 e. The lowest BCUT2D eigenvalue weighted by molar-refractivity contribution is -0.274. The van der Waals surface area contributed by atoms with Gasteiger partial charge in [-0.15, -0.1) is 13.2 Å². The molecule has 3 aliphatic rings. The van der Waals surface area contributed by atoms with Crippen molar-refractivity contribution in [3.05, 3.63) is 59.2 Å². The molecule has 41 heavy (non-hydrogen) atoms. The van der Waals surface area contributed by atoms with Crippen molar-refractivity contribution in [2.24, 2.45) is 4.99 Å². The van der Waals surface area contributed by atoms with E-state index >= 15 is 0 Å². The number of amides is 1. The number of nitrogens with zero attached hydrogens (tertiary/aromatic N) is 2. The molecule has 2 saturated heterocycles. The van der Waals surface area contributed by atoms with Crippen molar-refractivity contribution < 1.29 is 35.9 Å². The maximum Gasteiger partial charge on any atom is 0.573 e. The van der Waals surface area contributed by atoms with Gasteiger partial charge >= 0.3 is 6.36 Å². The van der Waals surface area contributed by atoms with Gasteiger partial charge in [0.1, 0.15) is 29.0 Å². The van der Waals surface area contributed by atoms with Crippen LogP contribution in [-0.4, -0.2) is 74.4 Å². The van der Waals surface area contributed by atoms with E-state index in [1.807, 2.05) is 25.1 Å². The number of hydrogen-bond acceptors (Lipinski definition) is 7. The highest BCUT2D eigenvalue weighted by molar-refractivity contribution is 7.89. The number of carbonyl (C=O) groups excluding carboxylic acids is 1. The molecule has 2 aromatic carbocycles. The van der Waals surface area contributed by atoms with Crippen LogP contribution >= 0.6 is 0 Å². The molecule has 0 aromatic heterocycles. The summed E-state index contributed by atoms with van der Waals surface area (Å²) in [6.07, 6.45) is -2.07. The molecule has 0 saturated carbocycles.